The van der Waals surface area contributed by atoms with E-state index in [1.165, 1.54) is 11.3 Å². The van der Waals surface area contributed by atoms with Gasteiger partial charge in [-0.3, -0.25) is 9.59 Å². The lowest BCUT2D eigenvalue weighted by Crippen LogP contribution is -2.45. The molecule has 3 rings (SSSR count). The Labute approximate surface area is 140 Å². The summed E-state index contributed by atoms with van der Waals surface area (Å²) in [6, 6.07) is 1.68. The number of amides is 1. The number of nitrogens with zero attached hydrogens (tertiary/aromatic N) is 1. The van der Waals surface area contributed by atoms with E-state index < -0.39 is 11.4 Å². The van der Waals surface area contributed by atoms with E-state index in [-0.39, 0.29) is 18.4 Å². The van der Waals surface area contributed by atoms with E-state index in [0.717, 1.165) is 3.79 Å². The maximum absolute atomic E-state index is 12.7. The highest BCUT2D eigenvalue weighted by Gasteiger charge is 2.55. The standard InChI is InChI=1S/C14H16BrNO5S/c1-20-9-4-10(22-11(9)15)12(17)16-5-8-6-21-3-2-14(8,7-16)13(18)19/h4,8H,2-3,5-7H2,1H3,(H,18,19)/t8-,14+/m0/s1. The van der Waals surface area contributed by atoms with Gasteiger partial charge in [0.2, 0.25) is 0 Å². The van der Waals surface area contributed by atoms with E-state index >= 15 is 0 Å². The first-order valence-electron chi connectivity index (χ1n) is 6.91. The van der Waals surface area contributed by atoms with Gasteiger partial charge in [-0.05, 0) is 22.4 Å². The molecule has 1 aromatic heterocycles. The van der Waals surface area contributed by atoms with E-state index in [1.54, 1.807) is 18.1 Å². The zero-order chi connectivity index (χ0) is 15.9. The molecule has 0 unspecified atom stereocenters. The molecular weight excluding hydrogens is 374 g/mol. The molecule has 8 heteroatoms. The third-order valence-corrected chi connectivity index (χ3v) is 6.28. The van der Waals surface area contributed by atoms with Gasteiger partial charge in [-0.2, -0.15) is 0 Å². The molecule has 2 aliphatic heterocycles. The van der Waals surface area contributed by atoms with Gasteiger partial charge in [0.25, 0.3) is 5.91 Å². The lowest BCUT2D eigenvalue weighted by atomic mass is 9.74. The van der Waals surface area contributed by atoms with Crippen LogP contribution in [0.1, 0.15) is 16.1 Å². The zero-order valence-corrected chi connectivity index (χ0v) is 14.4. The first kappa shape index (κ1) is 15.8. The van der Waals surface area contributed by atoms with Crippen molar-refractivity contribution in [3.05, 3.63) is 14.7 Å². The SMILES string of the molecule is COc1cc(C(=O)N2C[C@H]3COCC[C@@]3(C(=O)O)C2)sc1Br. The number of carboxylic acids is 1. The van der Waals surface area contributed by atoms with Crippen LogP contribution in [0.5, 0.6) is 5.75 Å². The fraction of sp³-hybridized carbons (Fsp3) is 0.571. The predicted octanol–water partition coefficient (Wildman–Crippen LogP) is 2.08. The topological polar surface area (TPSA) is 76.1 Å². The monoisotopic (exact) mass is 389 g/mol. The molecule has 2 fully saturated rings. The number of fused-ring (bicyclic) bond motifs is 1. The van der Waals surface area contributed by atoms with Crippen LogP contribution >= 0.6 is 27.3 Å². The Hall–Kier alpha value is -1.12. The van der Waals surface area contributed by atoms with Gasteiger partial charge >= 0.3 is 5.97 Å². The van der Waals surface area contributed by atoms with Crippen molar-refractivity contribution in [2.45, 2.75) is 6.42 Å². The number of hydrogen-bond acceptors (Lipinski definition) is 5. The molecule has 2 saturated heterocycles. The number of likely N-dealkylation sites (tertiary alicyclic amines) is 1. The lowest BCUT2D eigenvalue weighted by molar-refractivity contribution is -0.157. The van der Waals surface area contributed by atoms with Crippen LogP contribution in [0.2, 0.25) is 0 Å². The van der Waals surface area contributed by atoms with Gasteiger partial charge in [0.15, 0.2) is 0 Å². The summed E-state index contributed by atoms with van der Waals surface area (Å²) in [4.78, 5) is 26.6. The molecule has 0 aromatic carbocycles. The van der Waals surface area contributed by atoms with Gasteiger partial charge in [0.1, 0.15) is 9.54 Å². The van der Waals surface area contributed by atoms with E-state index in [1.807, 2.05) is 0 Å². The number of hydrogen-bond donors (Lipinski definition) is 1. The number of carbonyl (C=O) groups is 2. The third-order valence-electron chi connectivity index (χ3n) is 4.51. The average Bonchev–Trinajstić information content (AvgIpc) is 3.07. The van der Waals surface area contributed by atoms with Crippen LogP contribution in [0.3, 0.4) is 0 Å². The summed E-state index contributed by atoms with van der Waals surface area (Å²) < 4.78 is 11.3. The number of thiophene rings is 1. The molecule has 6 nitrogen and oxygen atoms in total. The number of ether oxygens (including phenoxy) is 2. The highest BCUT2D eigenvalue weighted by atomic mass is 79.9. The molecule has 2 atom stereocenters. The molecular formula is C14H16BrNO5S. The largest absolute Gasteiger partial charge is 0.495 e. The van der Waals surface area contributed by atoms with Crippen molar-refractivity contribution < 1.29 is 24.2 Å². The quantitative estimate of drug-likeness (QED) is 0.856. The van der Waals surface area contributed by atoms with Gasteiger partial charge in [-0.1, -0.05) is 0 Å². The van der Waals surface area contributed by atoms with Crippen LogP contribution in [-0.2, 0) is 9.53 Å². The van der Waals surface area contributed by atoms with Gasteiger partial charge in [-0.25, -0.2) is 0 Å². The minimum absolute atomic E-state index is 0.145. The summed E-state index contributed by atoms with van der Waals surface area (Å²) in [5.41, 5.74) is -0.869. The summed E-state index contributed by atoms with van der Waals surface area (Å²) >= 11 is 4.65. The molecule has 1 N–H and O–H groups in total. The first-order chi connectivity index (χ1) is 10.5. The zero-order valence-electron chi connectivity index (χ0n) is 12.0. The van der Waals surface area contributed by atoms with E-state index in [9.17, 15) is 14.7 Å². The van der Waals surface area contributed by atoms with Gasteiger partial charge in [-0.15, -0.1) is 11.3 Å². The summed E-state index contributed by atoms with van der Waals surface area (Å²) in [7, 11) is 1.54. The molecule has 2 aliphatic rings. The molecule has 0 bridgehead atoms. The molecule has 120 valence electrons. The summed E-state index contributed by atoms with van der Waals surface area (Å²) in [5, 5.41) is 9.64. The number of carbonyl (C=O) groups excluding carboxylic acids is 1. The Morgan fingerprint density at radius 2 is 2.36 bits per heavy atom. The van der Waals surface area contributed by atoms with Crippen molar-refractivity contribution in [1.82, 2.24) is 4.90 Å². The van der Waals surface area contributed by atoms with Gasteiger partial charge in [0.05, 0.1) is 24.0 Å². The van der Waals surface area contributed by atoms with Crippen LogP contribution in [0.4, 0.5) is 0 Å². The van der Waals surface area contributed by atoms with Gasteiger partial charge < -0.3 is 19.5 Å². The van der Waals surface area contributed by atoms with E-state index in [2.05, 4.69) is 15.9 Å². The van der Waals surface area contributed by atoms with Crippen LogP contribution in [0, 0.1) is 11.3 Å². The maximum atomic E-state index is 12.7. The average molecular weight is 390 g/mol. The van der Waals surface area contributed by atoms with Crippen LogP contribution in [0.15, 0.2) is 9.85 Å². The number of carboxylic acid groups (broad SMARTS) is 1. The summed E-state index contributed by atoms with van der Waals surface area (Å²) in [6.45, 7) is 1.49. The van der Waals surface area contributed by atoms with Crippen molar-refractivity contribution in [2.24, 2.45) is 11.3 Å². The second kappa shape index (κ2) is 5.82. The maximum Gasteiger partial charge on any atom is 0.311 e. The molecule has 22 heavy (non-hydrogen) atoms. The number of halogens is 1. The molecule has 0 spiro atoms. The Balaban J connectivity index is 1.84. The molecule has 0 radical (unpaired) electrons. The third kappa shape index (κ3) is 2.43. The van der Waals surface area contributed by atoms with Crippen molar-refractivity contribution >= 4 is 39.1 Å². The van der Waals surface area contributed by atoms with E-state index in [4.69, 9.17) is 9.47 Å². The Bertz CT molecular complexity index is 618. The second-order valence-electron chi connectivity index (χ2n) is 5.62. The highest BCUT2D eigenvalue weighted by molar-refractivity contribution is 9.11. The number of rotatable bonds is 3. The normalized spacial score (nSPS) is 27.5. The van der Waals surface area contributed by atoms with Crippen molar-refractivity contribution in [3.63, 3.8) is 0 Å². The molecule has 0 saturated carbocycles. The summed E-state index contributed by atoms with van der Waals surface area (Å²) in [5.74, 6) is -0.515. The predicted molar refractivity (Wildman–Crippen MR) is 83.5 cm³/mol. The summed E-state index contributed by atoms with van der Waals surface area (Å²) in [6.07, 6.45) is 0.453. The van der Waals surface area contributed by atoms with Crippen molar-refractivity contribution in [2.75, 3.05) is 33.4 Å². The van der Waals surface area contributed by atoms with Crippen LogP contribution in [-0.4, -0.2) is 55.3 Å². The van der Waals surface area contributed by atoms with Gasteiger partial charge in [0, 0.05) is 31.7 Å². The van der Waals surface area contributed by atoms with Crippen molar-refractivity contribution in [3.8, 4) is 5.75 Å². The second-order valence-corrected chi connectivity index (χ2v) is 7.99. The minimum atomic E-state index is -0.869. The number of methoxy groups -OCH3 is 1. The Kier molecular flexibility index (Phi) is 4.17. The van der Waals surface area contributed by atoms with Crippen molar-refractivity contribution in [1.29, 1.82) is 0 Å². The fourth-order valence-corrected chi connectivity index (χ4v) is 4.82. The Morgan fingerprint density at radius 1 is 1.59 bits per heavy atom. The highest BCUT2D eigenvalue weighted by Crippen LogP contribution is 2.43. The first-order valence-corrected chi connectivity index (χ1v) is 8.52. The lowest BCUT2D eigenvalue weighted by Gasteiger charge is -2.33. The molecule has 0 aliphatic carbocycles. The molecule has 1 amide bonds. The molecule has 1 aromatic rings. The molecule has 3 heterocycles. The Morgan fingerprint density at radius 3 is 2.95 bits per heavy atom. The fourth-order valence-electron chi connectivity index (χ4n) is 3.21. The minimum Gasteiger partial charge on any atom is -0.495 e. The number of aliphatic carboxylic acids is 1. The van der Waals surface area contributed by atoms with E-state index in [0.29, 0.717) is 36.8 Å². The smallest absolute Gasteiger partial charge is 0.311 e. The van der Waals surface area contributed by atoms with Crippen LogP contribution in [0.25, 0.3) is 0 Å². The van der Waals surface area contributed by atoms with Crippen LogP contribution < -0.4 is 4.74 Å².